The summed E-state index contributed by atoms with van der Waals surface area (Å²) in [4.78, 5) is 20.5. The van der Waals surface area contributed by atoms with Crippen molar-refractivity contribution in [2.24, 2.45) is 5.73 Å². The molecule has 0 atom stereocenters. The molecule has 0 aromatic rings. The molecule has 0 saturated carbocycles. The second-order valence-electron chi connectivity index (χ2n) is 2.14. The third-order valence-corrected chi connectivity index (χ3v) is 1.14. The van der Waals surface area contributed by atoms with Gasteiger partial charge in [0.15, 0.2) is 0 Å². The van der Waals surface area contributed by atoms with Crippen molar-refractivity contribution >= 4 is 12.0 Å². The van der Waals surface area contributed by atoms with Crippen molar-refractivity contribution in [3.05, 3.63) is 0 Å². The van der Waals surface area contributed by atoms with Gasteiger partial charge < -0.3 is 21.5 Å². The number of carboxylic acid groups (broad SMARTS) is 1. The van der Waals surface area contributed by atoms with Gasteiger partial charge in [-0.3, -0.25) is 4.79 Å². The molecule has 0 aromatic carbocycles. The third-order valence-electron chi connectivity index (χ3n) is 1.14. The van der Waals surface area contributed by atoms with Crippen LogP contribution < -0.4 is 16.4 Å². The van der Waals surface area contributed by atoms with E-state index in [0.717, 1.165) is 0 Å². The Morgan fingerprint density at radius 2 is 1.83 bits per heavy atom. The Hall–Kier alpha value is -1.30. The molecule has 0 unspecified atom stereocenters. The fraction of sp³-hybridized carbons (Fsp3) is 0.667. The van der Waals surface area contributed by atoms with Gasteiger partial charge in [-0.15, -0.1) is 0 Å². The number of carbonyl (C=O) groups is 2. The zero-order valence-corrected chi connectivity index (χ0v) is 6.67. The van der Waals surface area contributed by atoms with Crippen molar-refractivity contribution in [3.8, 4) is 0 Å². The predicted octanol–water partition coefficient (Wildman–Crippen LogP) is -1.28. The van der Waals surface area contributed by atoms with Gasteiger partial charge in [-0.25, -0.2) is 4.79 Å². The van der Waals surface area contributed by atoms with Gasteiger partial charge >= 0.3 is 6.09 Å². The van der Waals surface area contributed by atoms with Crippen LogP contribution in [0.5, 0.6) is 0 Å². The molecule has 0 aliphatic carbocycles. The summed E-state index contributed by atoms with van der Waals surface area (Å²) in [5, 5.41) is 12.8. The molecule has 0 fully saturated rings. The second-order valence-corrected chi connectivity index (χ2v) is 2.14. The van der Waals surface area contributed by atoms with Gasteiger partial charge in [-0.05, 0) is 6.42 Å². The van der Waals surface area contributed by atoms with Gasteiger partial charge in [-0.1, -0.05) is 0 Å². The molecular weight excluding hydrogens is 162 g/mol. The Morgan fingerprint density at radius 3 is 2.33 bits per heavy atom. The van der Waals surface area contributed by atoms with Gasteiger partial charge in [0.2, 0.25) is 5.91 Å². The summed E-state index contributed by atoms with van der Waals surface area (Å²) in [7, 11) is 0. The van der Waals surface area contributed by atoms with E-state index in [1.54, 1.807) is 0 Å². The predicted molar refractivity (Wildman–Crippen MR) is 42.7 cm³/mol. The topological polar surface area (TPSA) is 104 Å². The molecule has 6 nitrogen and oxygen atoms in total. The maximum absolute atomic E-state index is 10.5. The maximum Gasteiger partial charge on any atom is 0.404 e. The van der Waals surface area contributed by atoms with Crippen molar-refractivity contribution in [1.82, 2.24) is 10.6 Å². The summed E-state index contributed by atoms with van der Waals surface area (Å²) in [6.07, 6.45) is -0.488. The van der Waals surface area contributed by atoms with E-state index in [4.69, 9.17) is 10.8 Å². The molecule has 12 heavy (non-hydrogen) atoms. The van der Waals surface area contributed by atoms with Crippen LogP contribution in [0.25, 0.3) is 0 Å². The van der Waals surface area contributed by atoms with Crippen LogP contribution >= 0.6 is 0 Å². The molecule has 0 heterocycles. The Morgan fingerprint density at radius 1 is 1.25 bits per heavy atom. The maximum atomic E-state index is 10.5. The number of amides is 2. The van der Waals surface area contributed by atoms with Crippen LogP contribution in [0.15, 0.2) is 0 Å². The first kappa shape index (κ1) is 10.7. The van der Waals surface area contributed by atoms with Crippen LogP contribution in [0.3, 0.4) is 0 Å². The van der Waals surface area contributed by atoms with E-state index < -0.39 is 6.09 Å². The molecule has 70 valence electrons. The van der Waals surface area contributed by atoms with Gasteiger partial charge in [-0.2, -0.15) is 0 Å². The van der Waals surface area contributed by atoms with Crippen LogP contribution in [0.2, 0.25) is 0 Å². The number of hydrogen-bond donors (Lipinski definition) is 4. The highest BCUT2D eigenvalue weighted by Gasteiger charge is 1.96. The number of carbonyl (C=O) groups excluding carboxylic acids is 1. The monoisotopic (exact) mass is 175 g/mol. The lowest BCUT2D eigenvalue weighted by atomic mass is 10.4. The average molecular weight is 175 g/mol. The number of nitrogens with one attached hydrogen (secondary N) is 2. The van der Waals surface area contributed by atoms with Crippen LogP contribution in [0.4, 0.5) is 4.79 Å². The van der Waals surface area contributed by atoms with Crippen molar-refractivity contribution in [2.75, 3.05) is 19.6 Å². The zero-order valence-electron chi connectivity index (χ0n) is 6.67. The standard InChI is InChI=1S/C6H13N3O3/c7-4-5(10)8-2-1-3-9-6(11)12/h9H,1-4,7H2,(H,8,10)(H,11,12). The lowest BCUT2D eigenvalue weighted by Crippen LogP contribution is -2.33. The Balaban J connectivity index is 3.11. The Bertz CT molecular complexity index is 160. The summed E-state index contributed by atoms with van der Waals surface area (Å²) in [6.45, 7) is 0.739. The fourth-order valence-corrected chi connectivity index (χ4v) is 0.584. The second kappa shape index (κ2) is 6.41. The van der Waals surface area contributed by atoms with Gasteiger partial charge in [0.05, 0.1) is 6.54 Å². The normalized spacial score (nSPS) is 9.08. The first-order valence-electron chi connectivity index (χ1n) is 3.60. The minimum Gasteiger partial charge on any atom is -0.465 e. The lowest BCUT2D eigenvalue weighted by Gasteiger charge is -2.02. The van der Waals surface area contributed by atoms with E-state index in [-0.39, 0.29) is 12.5 Å². The molecule has 0 spiro atoms. The largest absolute Gasteiger partial charge is 0.465 e. The molecule has 0 aromatic heterocycles. The quantitative estimate of drug-likeness (QED) is 0.390. The van der Waals surface area contributed by atoms with Crippen molar-refractivity contribution < 1.29 is 14.7 Å². The SMILES string of the molecule is NCC(=O)NCCCNC(=O)O. The van der Waals surface area contributed by atoms with Gasteiger partial charge in [0.1, 0.15) is 0 Å². The summed E-state index contributed by atoms with van der Waals surface area (Å²) >= 11 is 0. The van der Waals surface area contributed by atoms with Crippen LogP contribution in [-0.4, -0.2) is 36.7 Å². The average Bonchev–Trinajstić information content (AvgIpc) is 2.03. The highest BCUT2D eigenvalue weighted by atomic mass is 16.4. The fourth-order valence-electron chi connectivity index (χ4n) is 0.584. The first-order valence-corrected chi connectivity index (χ1v) is 3.60. The van der Waals surface area contributed by atoms with E-state index in [1.165, 1.54) is 0 Å². The van der Waals surface area contributed by atoms with Crippen molar-refractivity contribution in [3.63, 3.8) is 0 Å². The third kappa shape index (κ3) is 6.81. The first-order chi connectivity index (χ1) is 5.66. The molecule has 0 rings (SSSR count). The zero-order chi connectivity index (χ0) is 9.40. The molecular formula is C6H13N3O3. The molecule has 0 aliphatic rings. The summed E-state index contributed by atoms with van der Waals surface area (Å²) in [5.41, 5.74) is 5.01. The van der Waals surface area contributed by atoms with Gasteiger partial charge in [0.25, 0.3) is 0 Å². The summed E-state index contributed by atoms with van der Waals surface area (Å²) in [6, 6.07) is 0. The van der Waals surface area contributed by atoms with Crippen molar-refractivity contribution in [1.29, 1.82) is 0 Å². The van der Waals surface area contributed by atoms with E-state index >= 15 is 0 Å². The van der Waals surface area contributed by atoms with Gasteiger partial charge in [0, 0.05) is 13.1 Å². The van der Waals surface area contributed by atoms with Crippen LogP contribution in [0, 0.1) is 0 Å². The number of rotatable bonds is 5. The summed E-state index contributed by atoms with van der Waals surface area (Å²) < 4.78 is 0. The molecule has 0 bridgehead atoms. The van der Waals surface area contributed by atoms with Crippen LogP contribution in [-0.2, 0) is 4.79 Å². The van der Waals surface area contributed by atoms with Crippen molar-refractivity contribution in [2.45, 2.75) is 6.42 Å². The minimum atomic E-state index is -1.06. The highest BCUT2D eigenvalue weighted by Crippen LogP contribution is 1.73. The van der Waals surface area contributed by atoms with E-state index in [1.807, 2.05) is 0 Å². The molecule has 0 saturated heterocycles. The molecule has 5 N–H and O–H groups in total. The smallest absolute Gasteiger partial charge is 0.404 e. The summed E-state index contributed by atoms with van der Waals surface area (Å²) in [5.74, 6) is -0.231. The Labute approximate surface area is 70.1 Å². The molecule has 2 amide bonds. The van der Waals surface area contributed by atoms with E-state index in [9.17, 15) is 9.59 Å². The van der Waals surface area contributed by atoms with Crippen LogP contribution in [0.1, 0.15) is 6.42 Å². The highest BCUT2D eigenvalue weighted by molar-refractivity contribution is 5.77. The lowest BCUT2D eigenvalue weighted by molar-refractivity contribution is -0.119. The molecule has 0 aliphatic heterocycles. The molecule has 0 radical (unpaired) electrons. The number of hydrogen-bond acceptors (Lipinski definition) is 3. The van der Waals surface area contributed by atoms with E-state index in [2.05, 4.69) is 10.6 Å². The number of nitrogens with two attached hydrogens (primary N) is 1. The van der Waals surface area contributed by atoms with E-state index in [0.29, 0.717) is 19.5 Å². The Kier molecular flexibility index (Phi) is 5.72. The minimum absolute atomic E-state index is 0.0354. The molecule has 6 heteroatoms.